The van der Waals surface area contributed by atoms with Gasteiger partial charge in [0.15, 0.2) is 0 Å². The van der Waals surface area contributed by atoms with Gasteiger partial charge in [-0.25, -0.2) is 8.42 Å². The summed E-state index contributed by atoms with van der Waals surface area (Å²) in [5.41, 5.74) is 2.64. The van der Waals surface area contributed by atoms with E-state index < -0.39 is 9.84 Å². The maximum atomic E-state index is 13.3. The number of sulfone groups is 1. The van der Waals surface area contributed by atoms with Crippen LogP contribution in [0.5, 0.6) is 0 Å². The van der Waals surface area contributed by atoms with Gasteiger partial charge in [0.25, 0.3) is 0 Å². The van der Waals surface area contributed by atoms with Gasteiger partial charge in [-0.3, -0.25) is 0 Å². The molecular formula is C23H18BrClN2O3S. The van der Waals surface area contributed by atoms with Gasteiger partial charge in [0, 0.05) is 21.6 Å². The minimum atomic E-state index is -3.90. The quantitative estimate of drug-likeness (QED) is 0.316. The molecular weight excluding hydrogens is 500 g/mol. The molecule has 0 saturated carbocycles. The van der Waals surface area contributed by atoms with E-state index in [0.717, 1.165) is 15.6 Å². The van der Waals surface area contributed by atoms with Crippen LogP contribution in [0.4, 0.5) is 5.88 Å². The fraction of sp³-hybridized carbons (Fsp3) is 0.0870. The topological polar surface area (TPSA) is 72.2 Å². The summed E-state index contributed by atoms with van der Waals surface area (Å²) >= 11 is 9.27. The SMILES string of the molecule is Cc1cccc(-c2nc(S(=O)(=O)c3ccc(Br)cc3)c(NCc3ccc(Cl)cc3)o2)c1. The Balaban J connectivity index is 1.76. The van der Waals surface area contributed by atoms with Crippen LogP contribution >= 0.6 is 27.5 Å². The van der Waals surface area contributed by atoms with Crippen LogP contribution in [0.25, 0.3) is 11.5 Å². The van der Waals surface area contributed by atoms with Gasteiger partial charge in [-0.05, 0) is 61.0 Å². The van der Waals surface area contributed by atoms with Crippen LogP contribution in [0.1, 0.15) is 11.1 Å². The van der Waals surface area contributed by atoms with E-state index >= 15 is 0 Å². The van der Waals surface area contributed by atoms with Gasteiger partial charge in [-0.2, -0.15) is 4.98 Å². The molecule has 1 aromatic heterocycles. The minimum Gasteiger partial charge on any atom is -0.419 e. The molecule has 0 spiro atoms. The van der Waals surface area contributed by atoms with Gasteiger partial charge >= 0.3 is 0 Å². The Morgan fingerprint density at radius 2 is 1.74 bits per heavy atom. The number of aromatic nitrogens is 1. The first-order chi connectivity index (χ1) is 14.8. The number of benzene rings is 3. The molecule has 0 amide bonds. The summed E-state index contributed by atoms with van der Waals surface area (Å²) < 4.78 is 33.4. The lowest BCUT2D eigenvalue weighted by atomic mass is 10.1. The summed E-state index contributed by atoms with van der Waals surface area (Å²) in [4.78, 5) is 4.50. The number of nitrogens with one attached hydrogen (secondary N) is 1. The molecule has 0 fully saturated rings. The van der Waals surface area contributed by atoms with E-state index in [4.69, 9.17) is 16.0 Å². The lowest BCUT2D eigenvalue weighted by Gasteiger charge is -2.06. The zero-order valence-corrected chi connectivity index (χ0v) is 19.6. The van der Waals surface area contributed by atoms with Crippen molar-refractivity contribution >= 4 is 43.3 Å². The zero-order valence-electron chi connectivity index (χ0n) is 16.5. The Morgan fingerprint density at radius 1 is 1.03 bits per heavy atom. The Morgan fingerprint density at radius 3 is 2.42 bits per heavy atom. The van der Waals surface area contributed by atoms with E-state index in [1.54, 1.807) is 24.3 Å². The highest BCUT2D eigenvalue weighted by Gasteiger charge is 2.28. The molecule has 4 aromatic rings. The third-order valence-corrected chi connectivity index (χ3v) is 7.07. The summed E-state index contributed by atoms with van der Waals surface area (Å²) in [6.07, 6.45) is 0. The van der Waals surface area contributed by atoms with Gasteiger partial charge in [-0.15, -0.1) is 0 Å². The fourth-order valence-corrected chi connectivity index (χ4v) is 4.68. The van der Waals surface area contributed by atoms with Crippen LogP contribution in [-0.4, -0.2) is 13.4 Å². The van der Waals surface area contributed by atoms with E-state index in [1.807, 2.05) is 43.3 Å². The van der Waals surface area contributed by atoms with Crippen LogP contribution < -0.4 is 5.32 Å². The van der Waals surface area contributed by atoms with Crippen molar-refractivity contribution in [3.8, 4) is 11.5 Å². The molecule has 0 aliphatic carbocycles. The highest BCUT2D eigenvalue weighted by Crippen LogP contribution is 2.33. The molecule has 4 rings (SSSR count). The van der Waals surface area contributed by atoms with E-state index in [-0.39, 0.29) is 21.7 Å². The van der Waals surface area contributed by atoms with E-state index in [1.165, 1.54) is 12.1 Å². The number of hydrogen-bond acceptors (Lipinski definition) is 5. The van der Waals surface area contributed by atoms with Crippen molar-refractivity contribution in [3.63, 3.8) is 0 Å². The molecule has 158 valence electrons. The second-order valence-corrected chi connectivity index (χ2v) is 10.2. The summed E-state index contributed by atoms with van der Waals surface area (Å²) in [5.74, 6) is 0.326. The first-order valence-electron chi connectivity index (χ1n) is 9.40. The summed E-state index contributed by atoms with van der Waals surface area (Å²) in [7, 11) is -3.90. The molecule has 1 N–H and O–H groups in total. The molecule has 0 saturated heterocycles. The van der Waals surface area contributed by atoms with Crippen LogP contribution in [0.2, 0.25) is 5.02 Å². The minimum absolute atomic E-state index is 0.0920. The van der Waals surface area contributed by atoms with Crippen molar-refractivity contribution < 1.29 is 12.8 Å². The van der Waals surface area contributed by atoms with Crippen molar-refractivity contribution in [1.82, 2.24) is 4.98 Å². The van der Waals surface area contributed by atoms with E-state index in [2.05, 4.69) is 26.2 Å². The van der Waals surface area contributed by atoms with Gasteiger partial charge in [-0.1, -0.05) is 57.4 Å². The number of nitrogens with zero attached hydrogens (tertiary/aromatic N) is 1. The monoisotopic (exact) mass is 516 g/mol. The summed E-state index contributed by atoms with van der Waals surface area (Å²) in [6.45, 7) is 2.30. The van der Waals surface area contributed by atoms with Crippen molar-refractivity contribution in [2.24, 2.45) is 0 Å². The lowest BCUT2D eigenvalue weighted by molar-refractivity contribution is 0.576. The smallest absolute Gasteiger partial charge is 0.234 e. The predicted octanol–water partition coefficient (Wildman–Crippen LogP) is 6.51. The summed E-state index contributed by atoms with van der Waals surface area (Å²) in [5, 5.41) is 3.56. The second-order valence-electron chi connectivity index (χ2n) is 6.96. The molecule has 0 atom stereocenters. The highest BCUT2D eigenvalue weighted by molar-refractivity contribution is 9.10. The lowest BCUT2D eigenvalue weighted by Crippen LogP contribution is -2.07. The second kappa shape index (κ2) is 8.86. The standard InChI is InChI=1S/C23H18BrClN2O3S/c1-15-3-2-4-17(13-15)21-27-23(31(28,29)20-11-7-18(24)8-12-20)22(30-21)26-14-16-5-9-19(25)10-6-16/h2-13,26H,14H2,1H3. The van der Waals surface area contributed by atoms with Gasteiger partial charge in [0.2, 0.25) is 26.6 Å². The largest absolute Gasteiger partial charge is 0.419 e. The molecule has 0 radical (unpaired) electrons. The first-order valence-corrected chi connectivity index (χ1v) is 12.1. The van der Waals surface area contributed by atoms with Crippen molar-refractivity contribution in [3.05, 3.63) is 93.4 Å². The number of aryl methyl sites for hydroxylation is 1. The van der Waals surface area contributed by atoms with Crippen molar-refractivity contribution in [2.75, 3.05) is 5.32 Å². The maximum absolute atomic E-state index is 13.3. The zero-order chi connectivity index (χ0) is 22.0. The van der Waals surface area contributed by atoms with Gasteiger partial charge in [0.1, 0.15) is 0 Å². The normalized spacial score (nSPS) is 11.5. The van der Waals surface area contributed by atoms with E-state index in [0.29, 0.717) is 17.1 Å². The van der Waals surface area contributed by atoms with E-state index in [9.17, 15) is 8.42 Å². The Bertz CT molecular complexity index is 1320. The molecule has 0 aliphatic rings. The molecule has 31 heavy (non-hydrogen) atoms. The van der Waals surface area contributed by atoms with Crippen LogP contribution in [0.3, 0.4) is 0 Å². The molecule has 0 bridgehead atoms. The molecule has 8 heteroatoms. The van der Waals surface area contributed by atoms with Crippen LogP contribution in [0, 0.1) is 6.92 Å². The molecule has 0 unspecified atom stereocenters. The van der Waals surface area contributed by atoms with Crippen LogP contribution in [-0.2, 0) is 16.4 Å². The van der Waals surface area contributed by atoms with Gasteiger partial charge in [0.05, 0.1) is 4.90 Å². The summed E-state index contributed by atoms with van der Waals surface area (Å²) in [6, 6.07) is 21.2. The third kappa shape index (κ3) is 4.84. The van der Waals surface area contributed by atoms with Crippen LogP contribution in [0.15, 0.2) is 91.6 Å². The molecule has 1 heterocycles. The Hall–Kier alpha value is -2.61. The highest BCUT2D eigenvalue weighted by atomic mass is 79.9. The molecule has 3 aromatic carbocycles. The third-order valence-electron chi connectivity index (χ3n) is 4.61. The fourth-order valence-electron chi connectivity index (χ4n) is 3.01. The average molecular weight is 518 g/mol. The number of anilines is 1. The van der Waals surface area contributed by atoms with Gasteiger partial charge < -0.3 is 9.73 Å². The first kappa shape index (κ1) is 21.6. The number of hydrogen-bond donors (Lipinski definition) is 1. The van der Waals surface area contributed by atoms with Crippen molar-refractivity contribution in [1.29, 1.82) is 0 Å². The number of halogens is 2. The Kier molecular flexibility index (Phi) is 6.18. The van der Waals surface area contributed by atoms with Crippen molar-refractivity contribution in [2.45, 2.75) is 23.4 Å². The molecule has 5 nitrogen and oxygen atoms in total. The predicted molar refractivity (Wildman–Crippen MR) is 125 cm³/mol. The Labute approximate surface area is 194 Å². The number of oxazole rings is 1. The maximum Gasteiger partial charge on any atom is 0.234 e. The molecule has 0 aliphatic heterocycles. The number of rotatable bonds is 6. The average Bonchev–Trinajstić information content (AvgIpc) is 3.19.